The number of aromatic amines is 1. The smallest absolute Gasteiger partial charge is 0.251 e. The van der Waals surface area contributed by atoms with E-state index in [1.165, 1.54) is 0 Å². The van der Waals surface area contributed by atoms with Crippen LogP contribution in [0.3, 0.4) is 0 Å². The van der Waals surface area contributed by atoms with Crippen LogP contribution in [0.15, 0.2) is 35.2 Å². The lowest BCUT2D eigenvalue weighted by atomic mass is 10.1. The van der Waals surface area contributed by atoms with E-state index in [0.717, 1.165) is 22.2 Å². The molecule has 0 saturated heterocycles. The van der Waals surface area contributed by atoms with Crippen LogP contribution < -0.4 is 5.32 Å². The van der Waals surface area contributed by atoms with Crippen LogP contribution in [0.25, 0.3) is 0 Å². The Kier molecular flexibility index (Phi) is 4.15. The molecule has 2 rings (SSSR count). The summed E-state index contributed by atoms with van der Waals surface area (Å²) in [5.74, 6) is -0.0566. The van der Waals surface area contributed by atoms with Gasteiger partial charge < -0.3 is 10.3 Å². The van der Waals surface area contributed by atoms with Gasteiger partial charge in [-0.05, 0) is 30.7 Å². The lowest BCUT2D eigenvalue weighted by molar-refractivity contribution is 0.0954. The minimum absolute atomic E-state index is 0.0566. The maximum atomic E-state index is 11.9. The highest BCUT2D eigenvalue weighted by Gasteiger charge is 2.06. The van der Waals surface area contributed by atoms with Gasteiger partial charge in [-0.1, -0.05) is 15.9 Å². The van der Waals surface area contributed by atoms with Crippen LogP contribution in [0.4, 0.5) is 0 Å². The van der Waals surface area contributed by atoms with Crippen LogP contribution >= 0.6 is 15.9 Å². The van der Waals surface area contributed by atoms with Crippen molar-refractivity contribution < 1.29 is 4.79 Å². The van der Waals surface area contributed by atoms with E-state index in [9.17, 15) is 4.79 Å². The summed E-state index contributed by atoms with van der Waals surface area (Å²) in [5.41, 5.74) is 2.75. The molecule has 4 nitrogen and oxygen atoms in total. The van der Waals surface area contributed by atoms with E-state index in [0.29, 0.717) is 12.1 Å². The third-order valence-electron chi connectivity index (χ3n) is 2.54. The molecule has 1 heterocycles. The van der Waals surface area contributed by atoms with E-state index in [4.69, 9.17) is 0 Å². The molecule has 0 radical (unpaired) electrons. The minimum Gasteiger partial charge on any atom is -0.352 e. The highest BCUT2D eigenvalue weighted by Crippen LogP contribution is 2.15. The van der Waals surface area contributed by atoms with Crippen molar-refractivity contribution in [3.63, 3.8) is 0 Å². The van der Waals surface area contributed by atoms with Crippen molar-refractivity contribution in [3.05, 3.63) is 52.0 Å². The Morgan fingerprint density at radius 2 is 2.28 bits per heavy atom. The number of benzene rings is 1. The first-order chi connectivity index (χ1) is 8.65. The number of H-pyrrole nitrogens is 1. The lowest BCUT2D eigenvalue weighted by Gasteiger charge is -2.06. The number of amides is 1. The van der Waals surface area contributed by atoms with Crippen molar-refractivity contribution in [1.82, 2.24) is 15.3 Å². The van der Waals surface area contributed by atoms with E-state index in [1.54, 1.807) is 12.5 Å². The van der Waals surface area contributed by atoms with Gasteiger partial charge in [0.2, 0.25) is 0 Å². The Labute approximate surface area is 114 Å². The van der Waals surface area contributed by atoms with Gasteiger partial charge in [0.1, 0.15) is 0 Å². The van der Waals surface area contributed by atoms with Crippen molar-refractivity contribution in [2.45, 2.75) is 13.3 Å². The molecule has 0 spiro atoms. The number of nitrogens with one attached hydrogen (secondary N) is 2. The molecule has 0 bridgehead atoms. The number of halogens is 1. The zero-order chi connectivity index (χ0) is 13.0. The van der Waals surface area contributed by atoms with Crippen LogP contribution in [0.2, 0.25) is 0 Å². The lowest BCUT2D eigenvalue weighted by Crippen LogP contribution is -2.25. The first-order valence-electron chi connectivity index (χ1n) is 5.68. The summed E-state index contributed by atoms with van der Waals surface area (Å²) in [7, 11) is 0. The predicted octanol–water partition coefficient (Wildman–Crippen LogP) is 2.45. The molecule has 2 aromatic rings. The molecule has 2 N–H and O–H groups in total. The molecular weight excluding hydrogens is 294 g/mol. The Balaban J connectivity index is 1.91. The third kappa shape index (κ3) is 3.43. The molecule has 0 aliphatic heterocycles. The second-order valence-electron chi connectivity index (χ2n) is 4.10. The van der Waals surface area contributed by atoms with Gasteiger partial charge >= 0.3 is 0 Å². The van der Waals surface area contributed by atoms with Crippen LogP contribution in [-0.4, -0.2) is 22.4 Å². The van der Waals surface area contributed by atoms with Crippen molar-refractivity contribution in [3.8, 4) is 0 Å². The second-order valence-corrected chi connectivity index (χ2v) is 5.02. The quantitative estimate of drug-likeness (QED) is 0.911. The average Bonchev–Trinajstić information content (AvgIpc) is 2.80. The van der Waals surface area contributed by atoms with Gasteiger partial charge in [-0.2, -0.15) is 0 Å². The predicted molar refractivity (Wildman–Crippen MR) is 73.5 cm³/mol. The summed E-state index contributed by atoms with van der Waals surface area (Å²) in [6.07, 6.45) is 4.14. The monoisotopic (exact) mass is 307 g/mol. The Morgan fingerprint density at radius 1 is 1.44 bits per heavy atom. The van der Waals surface area contributed by atoms with Gasteiger partial charge in [0.25, 0.3) is 5.91 Å². The highest BCUT2D eigenvalue weighted by molar-refractivity contribution is 9.10. The van der Waals surface area contributed by atoms with Gasteiger partial charge in [-0.25, -0.2) is 4.98 Å². The summed E-state index contributed by atoms with van der Waals surface area (Å²) >= 11 is 3.39. The van der Waals surface area contributed by atoms with E-state index in [2.05, 4.69) is 31.2 Å². The molecule has 1 aromatic heterocycles. The molecule has 0 fully saturated rings. The molecular formula is C13H14BrN3O. The maximum absolute atomic E-state index is 11.9. The van der Waals surface area contributed by atoms with Crippen LogP contribution in [-0.2, 0) is 6.42 Å². The van der Waals surface area contributed by atoms with Gasteiger partial charge in [-0.3, -0.25) is 4.79 Å². The summed E-state index contributed by atoms with van der Waals surface area (Å²) in [6, 6.07) is 5.66. The van der Waals surface area contributed by atoms with Gasteiger partial charge in [0.15, 0.2) is 0 Å². The molecule has 5 heteroatoms. The summed E-state index contributed by atoms with van der Waals surface area (Å²) in [6.45, 7) is 2.55. The van der Waals surface area contributed by atoms with E-state index >= 15 is 0 Å². The third-order valence-corrected chi connectivity index (χ3v) is 3.00. The van der Waals surface area contributed by atoms with Crippen molar-refractivity contribution in [1.29, 1.82) is 0 Å². The molecule has 0 aliphatic rings. The van der Waals surface area contributed by atoms with Gasteiger partial charge in [0.05, 0.1) is 6.33 Å². The molecule has 94 valence electrons. The number of carbonyl (C=O) groups excluding carboxylic acids is 1. The second kappa shape index (κ2) is 5.82. The molecule has 0 atom stereocenters. The zero-order valence-electron chi connectivity index (χ0n) is 10.0. The van der Waals surface area contributed by atoms with Crippen LogP contribution in [0, 0.1) is 6.92 Å². The number of imidazole rings is 1. The summed E-state index contributed by atoms with van der Waals surface area (Å²) < 4.78 is 0.918. The zero-order valence-corrected chi connectivity index (χ0v) is 11.6. The molecule has 0 aliphatic carbocycles. The first-order valence-corrected chi connectivity index (χ1v) is 6.47. The van der Waals surface area contributed by atoms with Gasteiger partial charge in [-0.15, -0.1) is 0 Å². The summed E-state index contributed by atoms with van der Waals surface area (Å²) in [4.78, 5) is 18.8. The van der Waals surface area contributed by atoms with Crippen LogP contribution in [0.5, 0.6) is 0 Å². The number of aryl methyl sites for hydroxylation is 1. The molecule has 18 heavy (non-hydrogen) atoms. The molecule has 0 saturated carbocycles. The highest BCUT2D eigenvalue weighted by atomic mass is 79.9. The average molecular weight is 308 g/mol. The number of nitrogens with zero attached hydrogens (tertiary/aromatic N) is 1. The maximum Gasteiger partial charge on any atom is 0.251 e. The number of carbonyl (C=O) groups is 1. The van der Waals surface area contributed by atoms with E-state index in [-0.39, 0.29) is 5.91 Å². The van der Waals surface area contributed by atoms with Crippen molar-refractivity contribution >= 4 is 21.8 Å². The van der Waals surface area contributed by atoms with Crippen molar-refractivity contribution in [2.24, 2.45) is 0 Å². The normalized spacial score (nSPS) is 10.3. The van der Waals surface area contributed by atoms with E-state index in [1.807, 2.05) is 25.1 Å². The minimum atomic E-state index is -0.0566. The van der Waals surface area contributed by atoms with Crippen LogP contribution in [0.1, 0.15) is 21.6 Å². The molecule has 1 aromatic carbocycles. The fourth-order valence-corrected chi connectivity index (χ4v) is 2.31. The molecule has 1 amide bonds. The molecule has 0 unspecified atom stereocenters. The summed E-state index contributed by atoms with van der Waals surface area (Å²) in [5, 5.41) is 2.88. The number of aromatic nitrogens is 2. The number of rotatable bonds is 4. The van der Waals surface area contributed by atoms with Crippen molar-refractivity contribution in [2.75, 3.05) is 6.54 Å². The first kappa shape index (κ1) is 12.8. The topological polar surface area (TPSA) is 57.8 Å². The largest absolute Gasteiger partial charge is 0.352 e. The SMILES string of the molecule is Cc1cc(Br)cc(C(=O)NCCc2cnc[nH]2)c1. The fourth-order valence-electron chi connectivity index (χ4n) is 1.70. The Morgan fingerprint density at radius 3 is 2.94 bits per heavy atom. The Bertz CT molecular complexity index is 517. The number of hydrogen-bond donors (Lipinski definition) is 2. The number of hydrogen-bond acceptors (Lipinski definition) is 2. The van der Waals surface area contributed by atoms with Gasteiger partial charge in [0, 0.05) is 34.9 Å². The fraction of sp³-hybridized carbons (Fsp3) is 0.231. The standard InChI is InChI=1S/C13H14BrN3O/c1-9-4-10(6-11(14)5-9)13(18)16-3-2-12-7-15-8-17-12/h4-8H,2-3H2,1H3,(H,15,17)(H,16,18). The Hall–Kier alpha value is -1.62. The van der Waals surface area contributed by atoms with E-state index < -0.39 is 0 Å².